The van der Waals surface area contributed by atoms with E-state index in [1.165, 1.54) is 0 Å². The van der Waals surface area contributed by atoms with E-state index in [1.807, 2.05) is 30.9 Å². The highest BCUT2D eigenvalue weighted by molar-refractivity contribution is 5.94. The molecule has 1 aliphatic heterocycles. The van der Waals surface area contributed by atoms with Crippen molar-refractivity contribution < 1.29 is 9.32 Å². The van der Waals surface area contributed by atoms with E-state index in [2.05, 4.69) is 20.1 Å². The monoisotopic (exact) mass is 363 g/mol. The molecule has 0 bridgehead atoms. The van der Waals surface area contributed by atoms with Crippen molar-refractivity contribution in [1.29, 1.82) is 0 Å². The highest BCUT2D eigenvalue weighted by atomic mass is 16.5. The molecule has 1 fully saturated rings. The fourth-order valence-corrected chi connectivity index (χ4v) is 3.65. The van der Waals surface area contributed by atoms with Crippen LogP contribution in [0.25, 0.3) is 11.3 Å². The molecule has 0 spiro atoms. The number of nitrogens with zero attached hydrogens (tertiary/aromatic N) is 5. The average Bonchev–Trinajstić information content (AvgIpc) is 3.28. The van der Waals surface area contributed by atoms with Crippen LogP contribution in [-0.2, 0) is 6.42 Å². The molecule has 4 heterocycles. The van der Waals surface area contributed by atoms with Gasteiger partial charge in [0.1, 0.15) is 12.1 Å². The third-order valence-corrected chi connectivity index (χ3v) is 4.99. The summed E-state index contributed by atoms with van der Waals surface area (Å²) < 4.78 is 5.25. The summed E-state index contributed by atoms with van der Waals surface area (Å²) in [7, 11) is 0. The van der Waals surface area contributed by atoms with Crippen LogP contribution in [0.3, 0.4) is 0 Å². The number of aryl methyl sites for hydroxylation is 2. The van der Waals surface area contributed by atoms with Crippen LogP contribution in [0, 0.1) is 19.8 Å². The van der Waals surface area contributed by atoms with Gasteiger partial charge in [0.05, 0.1) is 22.5 Å². The van der Waals surface area contributed by atoms with E-state index in [9.17, 15) is 4.79 Å². The summed E-state index contributed by atoms with van der Waals surface area (Å²) in [6, 6.07) is 5.60. The van der Waals surface area contributed by atoms with Gasteiger partial charge in [-0.3, -0.25) is 9.78 Å². The second-order valence-corrected chi connectivity index (χ2v) is 6.95. The number of hydrogen-bond acceptors (Lipinski definition) is 6. The highest BCUT2D eigenvalue weighted by Crippen LogP contribution is 2.27. The number of pyridine rings is 1. The van der Waals surface area contributed by atoms with E-state index in [1.54, 1.807) is 24.8 Å². The van der Waals surface area contributed by atoms with Crippen LogP contribution < -0.4 is 0 Å². The summed E-state index contributed by atoms with van der Waals surface area (Å²) >= 11 is 0. The first-order valence-electron chi connectivity index (χ1n) is 9.05. The van der Waals surface area contributed by atoms with Gasteiger partial charge < -0.3 is 9.42 Å². The summed E-state index contributed by atoms with van der Waals surface area (Å²) in [6.07, 6.45) is 6.67. The summed E-state index contributed by atoms with van der Waals surface area (Å²) in [5.41, 5.74) is 4.20. The molecule has 0 saturated carbocycles. The molecule has 138 valence electrons. The standard InChI is InChI=1S/C20H21N5O2/c1-13-19(14(2)27-24-13)18-9-17(22-12-23-18)8-15-5-7-25(11-15)20(26)16-4-3-6-21-10-16/h3-4,6,9-10,12,15H,5,7-8,11H2,1-2H3. The maximum atomic E-state index is 12.6. The Morgan fingerprint density at radius 3 is 2.96 bits per heavy atom. The van der Waals surface area contributed by atoms with Crippen molar-refractivity contribution in [2.24, 2.45) is 5.92 Å². The molecule has 7 heteroatoms. The first-order chi connectivity index (χ1) is 13.1. The molecule has 1 saturated heterocycles. The Morgan fingerprint density at radius 2 is 2.22 bits per heavy atom. The second-order valence-electron chi connectivity index (χ2n) is 6.95. The zero-order valence-corrected chi connectivity index (χ0v) is 15.4. The van der Waals surface area contributed by atoms with Gasteiger partial charge in [0.25, 0.3) is 5.91 Å². The van der Waals surface area contributed by atoms with Gasteiger partial charge in [0, 0.05) is 31.2 Å². The predicted molar refractivity (Wildman–Crippen MR) is 99.0 cm³/mol. The van der Waals surface area contributed by atoms with Gasteiger partial charge in [-0.2, -0.15) is 0 Å². The van der Waals surface area contributed by atoms with Crippen molar-refractivity contribution in [1.82, 2.24) is 25.0 Å². The Balaban J connectivity index is 1.45. The summed E-state index contributed by atoms with van der Waals surface area (Å²) in [4.78, 5) is 27.3. The van der Waals surface area contributed by atoms with Crippen LogP contribution in [0.2, 0.25) is 0 Å². The lowest BCUT2D eigenvalue weighted by atomic mass is 10.0. The minimum atomic E-state index is 0.0460. The zero-order chi connectivity index (χ0) is 18.8. The maximum Gasteiger partial charge on any atom is 0.255 e. The van der Waals surface area contributed by atoms with Crippen LogP contribution in [0.1, 0.15) is 33.9 Å². The molecule has 0 aromatic carbocycles. The molecule has 1 unspecified atom stereocenters. The lowest BCUT2D eigenvalue weighted by molar-refractivity contribution is 0.0786. The molecular formula is C20H21N5O2. The van der Waals surface area contributed by atoms with E-state index in [0.29, 0.717) is 11.5 Å². The molecule has 1 aliphatic rings. The fourth-order valence-electron chi connectivity index (χ4n) is 3.65. The van der Waals surface area contributed by atoms with Gasteiger partial charge in [-0.1, -0.05) is 5.16 Å². The number of likely N-dealkylation sites (tertiary alicyclic amines) is 1. The van der Waals surface area contributed by atoms with Gasteiger partial charge in [-0.05, 0) is 50.8 Å². The molecule has 0 aliphatic carbocycles. The quantitative estimate of drug-likeness (QED) is 0.709. The summed E-state index contributed by atoms with van der Waals surface area (Å²) in [5, 5.41) is 4.00. The van der Waals surface area contributed by atoms with Crippen LogP contribution in [0.15, 0.2) is 41.4 Å². The van der Waals surface area contributed by atoms with Crippen LogP contribution >= 0.6 is 0 Å². The molecule has 3 aromatic heterocycles. The Hall–Kier alpha value is -3.09. The Morgan fingerprint density at radius 1 is 1.33 bits per heavy atom. The van der Waals surface area contributed by atoms with E-state index in [0.717, 1.165) is 54.3 Å². The van der Waals surface area contributed by atoms with Crippen molar-refractivity contribution in [3.8, 4) is 11.3 Å². The number of rotatable bonds is 4. The van der Waals surface area contributed by atoms with Crippen molar-refractivity contribution in [2.75, 3.05) is 13.1 Å². The number of carbonyl (C=O) groups is 1. The van der Waals surface area contributed by atoms with Crippen LogP contribution in [0.4, 0.5) is 0 Å². The van der Waals surface area contributed by atoms with Crippen molar-refractivity contribution in [2.45, 2.75) is 26.7 Å². The minimum absolute atomic E-state index is 0.0460. The van der Waals surface area contributed by atoms with Gasteiger partial charge in [-0.15, -0.1) is 0 Å². The lowest BCUT2D eigenvalue weighted by Crippen LogP contribution is -2.29. The Kier molecular flexibility index (Phi) is 4.66. The van der Waals surface area contributed by atoms with Gasteiger partial charge in [0.15, 0.2) is 0 Å². The first kappa shape index (κ1) is 17.3. The number of amides is 1. The molecule has 1 atom stereocenters. The molecular weight excluding hydrogens is 342 g/mol. The fraction of sp³-hybridized carbons (Fsp3) is 0.350. The van der Waals surface area contributed by atoms with E-state index < -0.39 is 0 Å². The van der Waals surface area contributed by atoms with Gasteiger partial charge in [0.2, 0.25) is 0 Å². The number of hydrogen-bond donors (Lipinski definition) is 0. The van der Waals surface area contributed by atoms with E-state index in [4.69, 9.17) is 4.52 Å². The maximum absolute atomic E-state index is 12.6. The summed E-state index contributed by atoms with van der Waals surface area (Å²) in [6.45, 7) is 5.29. The van der Waals surface area contributed by atoms with E-state index >= 15 is 0 Å². The summed E-state index contributed by atoms with van der Waals surface area (Å²) in [5.74, 6) is 1.19. The zero-order valence-electron chi connectivity index (χ0n) is 15.4. The van der Waals surface area contributed by atoms with Gasteiger partial charge in [-0.25, -0.2) is 9.97 Å². The molecule has 27 heavy (non-hydrogen) atoms. The van der Waals surface area contributed by atoms with Crippen LogP contribution in [-0.4, -0.2) is 44.0 Å². The van der Waals surface area contributed by atoms with Crippen LogP contribution in [0.5, 0.6) is 0 Å². The Labute approximate surface area is 157 Å². The number of aromatic nitrogens is 4. The highest BCUT2D eigenvalue weighted by Gasteiger charge is 2.27. The third-order valence-electron chi connectivity index (χ3n) is 4.99. The molecule has 1 amide bonds. The van der Waals surface area contributed by atoms with E-state index in [-0.39, 0.29) is 5.91 Å². The number of carbonyl (C=O) groups excluding carboxylic acids is 1. The SMILES string of the molecule is Cc1noc(C)c1-c1cc(CC2CCN(C(=O)c3cccnc3)C2)ncn1. The molecule has 7 nitrogen and oxygen atoms in total. The second kappa shape index (κ2) is 7.26. The topological polar surface area (TPSA) is 85.0 Å². The molecule has 3 aromatic rings. The lowest BCUT2D eigenvalue weighted by Gasteiger charge is -2.16. The molecule has 0 radical (unpaired) electrons. The molecule has 4 rings (SSSR count). The minimum Gasteiger partial charge on any atom is -0.361 e. The molecule has 0 N–H and O–H groups in total. The van der Waals surface area contributed by atoms with Crippen molar-refractivity contribution >= 4 is 5.91 Å². The first-order valence-corrected chi connectivity index (χ1v) is 9.05. The predicted octanol–water partition coefficient (Wildman–Crippen LogP) is 2.85. The smallest absolute Gasteiger partial charge is 0.255 e. The largest absolute Gasteiger partial charge is 0.361 e. The Bertz CT molecular complexity index is 935. The van der Waals surface area contributed by atoms with Gasteiger partial charge >= 0.3 is 0 Å². The average molecular weight is 363 g/mol. The normalized spacial score (nSPS) is 16.7. The van der Waals surface area contributed by atoms with Crippen molar-refractivity contribution in [3.05, 3.63) is 59.6 Å². The third kappa shape index (κ3) is 3.58. The van der Waals surface area contributed by atoms with Crippen molar-refractivity contribution in [3.63, 3.8) is 0 Å².